The van der Waals surface area contributed by atoms with Crippen LogP contribution >= 0.6 is 23.2 Å². The summed E-state index contributed by atoms with van der Waals surface area (Å²) < 4.78 is 10.2. The summed E-state index contributed by atoms with van der Waals surface area (Å²) in [6.07, 6.45) is -0.527. The first-order valence-corrected chi connectivity index (χ1v) is 4.27. The molecule has 0 aromatic rings. The van der Waals surface area contributed by atoms with E-state index >= 15 is 0 Å². The van der Waals surface area contributed by atoms with Crippen molar-refractivity contribution >= 4 is 23.2 Å². The lowest BCUT2D eigenvalue weighted by Crippen LogP contribution is -2.18. The van der Waals surface area contributed by atoms with E-state index in [-0.39, 0.29) is 0 Å². The lowest BCUT2D eigenvalue weighted by molar-refractivity contribution is -0.106. The highest BCUT2D eigenvalue weighted by Crippen LogP contribution is 2.10. The topological polar surface area (TPSA) is 18.5 Å². The van der Waals surface area contributed by atoms with Gasteiger partial charge in [-0.25, -0.2) is 0 Å². The van der Waals surface area contributed by atoms with E-state index in [1.165, 1.54) is 0 Å². The molecular formula is C7H12Cl2O2. The van der Waals surface area contributed by atoms with Gasteiger partial charge in [-0.1, -0.05) is 18.2 Å². The van der Waals surface area contributed by atoms with Gasteiger partial charge in [0.05, 0.1) is 11.6 Å². The van der Waals surface area contributed by atoms with Crippen LogP contribution in [0.25, 0.3) is 0 Å². The van der Waals surface area contributed by atoms with Crippen molar-refractivity contribution in [2.75, 3.05) is 19.1 Å². The first-order valence-electron chi connectivity index (χ1n) is 3.35. The van der Waals surface area contributed by atoms with Gasteiger partial charge in [0.1, 0.15) is 0 Å². The SMILES string of the molecule is C=C(Cl)C(OCC)OCCCl. The van der Waals surface area contributed by atoms with Crippen molar-refractivity contribution in [1.29, 1.82) is 0 Å². The van der Waals surface area contributed by atoms with Crippen molar-refractivity contribution in [3.63, 3.8) is 0 Å². The van der Waals surface area contributed by atoms with E-state index in [2.05, 4.69) is 6.58 Å². The monoisotopic (exact) mass is 198 g/mol. The summed E-state index contributed by atoms with van der Waals surface area (Å²) in [4.78, 5) is 0. The maximum absolute atomic E-state index is 5.57. The Morgan fingerprint density at radius 3 is 2.55 bits per heavy atom. The first-order chi connectivity index (χ1) is 5.22. The normalized spacial score (nSPS) is 13.0. The third-order valence-corrected chi connectivity index (χ3v) is 1.25. The van der Waals surface area contributed by atoms with Gasteiger partial charge in [-0.15, -0.1) is 11.6 Å². The molecule has 0 N–H and O–H groups in total. The van der Waals surface area contributed by atoms with Crippen molar-refractivity contribution in [3.8, 4) is 0 Å². The van der Waals surface area contributed by atoms with E-state index in [9.17, 15) is 0 Å². The maximum atomic E-state index is 5.57. The van der Waals surface area contributed by atoms with E-state index in [0.717, 1.165) is 0 Å². The molecule has 0 rings (SSSR count). The van der Waals surface area contributed by atoms with Gasteiger partial charge >= 0.3 is 0 Å². The Bertz CT molecular complexity index is 117. The number of hydrogen-bond donors (Lipinski definition) is 0. The van der Waals surface area contributed by atoms with Gasteiger partial charge in [-0.05, 0) is 6.92 Å². The molecule has 0 aromatic heterocycles. The van der Waals surface area contributed by atoms with Crippen molar-refractivity contribution in [3.05, 3.63) is 11.6 Å². The van der Waals surface area contributed by atoms with Gasteiger partial charge in [0.25, 0.3) is 0 Å². The largest absolute Gasteiger partial charge is 0.348 e. The minimum absolute atomic E-state index is 0.344. The molecule has 0 fully saturated rings. The van der Waals surface area contributed by atoms with Crippen LogP contribution in [0, 0.1) is 0 Å². The Labute approximate surface area is 77.1 Å². The second-order valence-corrected chi connectivity index (χ2v) is 2.66. The van der Waals surface area contributed by atoms with Crippen molar-refractivity contribution in [2.45, 2.75) is 13.2 Å². The number of rotatable bonds is 6. The number of halogens is 2. The Balaban J connectivity index is 3.60. The molecule has 0 heterocycles. The predicted octanol–water partition coefficient (Wildman–Crippen LogP) is 2.36. The predicted molar refractivity (Wildman–Crippen MR) is 47.1 cm³/mol. The summed E-state index contributed by atoms with van der Waals surface area (Å²) in [6.45, 7) is 6.31. The Hall–Kier alpha value is 0.240. The van der Waals surface area contributed by atoms with Gasteiger partial charge in [0.15, 0.2) is 6.29 Å². The fourth-order valence-corrected chi connectivity index (χ4v) is 0.747. The van der Waals surface area contributed by atoms with Gasteiger partial charge in [0.2, 0.25) is 0 Å². The van der Waals surface area contributed by atoms with Crippen molar-refractivity contribution in [2.24, 2.45) is 0 Å². The molecule has 0 radical (unpaired) electrons. The molecule has 0 spiro atoms. The molecule has 0 saturated heterocycles. The highest BCUT2D eigenvalue weighted by molar-refractivity contribution is 6.29. The fraction of sp³-hybridized carbons (Fsp3) is 0.714. The summed E-state index contributed by atoms with van der Waals surface area (Å²) in [5.41, 5.74) is 0. The standard InChI is InChI=1S/C7H12Cl2O2/c1-3-10-7(6(2)9)11-5-4-8/h7H,2-5H2,1H3. The third kappa shape index (κ3) is 5.50. The van der Waals surface area contributed by atoms with Crippen molar-refractivity contribution in [1.82, 2.24) is 0 Å². The molecule has 0 saturated carbocycles. The van der Waals surface area contributed by atoms with Gasteiger partial charge in [0, 0.05) is 12.5 Å². The van der Waals surface area contributed by atoms with Gasteiger partial charge in [-0.2, -0.15) is 0 Å². The van der Waals surface area contributed by atoms with E-state index < -0.39 is 6.29 Å². The first kappa shape index (κ1) is 11.2. The van der Waals surface area contributed by atoms with Crippen LogP contribution < -0.4 is 0 Å². The molecule has 1 unspecified atom stereocenters. The molecule has 0 aromatic carbocycles. The summed E-state index contributed by atoms with van der Waals surface area (Å²) in [5.74, 6) is 0.424. The summed E-state index contributed by atoms with van der Waals surface area (Å²) in [6, 6.07) is 0. The second kappa shape index (κ2) is 6.92. The second-order valence-electron chi connectivity index (χ2n) is 1.79. The maximum Gasteiger partial charge on any atom is 0.193 e. The highest BCUT2D eigenvalue weighted by atomic mass is 35.5. The van der Waals surface area contributed by atoms with Crippen molar-refractivity contribution < 1.29 is 9.47 Å². The smallest absolute Gasteiger partial charge is 0.193 e. The quantitative estimate of drug-likeness (QED) is 0.482. The zero-order valence-corrected chi connectivity index (χ0v) is 7.99. The van der Waals surface area contributed by atoms with Crippen LogP contribution in [0.4, 0.5) is 0 Å². The number of alkyl halides is 1. The van der Waals surface area contributed by atoms with Gasteiger partial charge in [-0.3, -0.25) is 0 Å². The molecule has 0 aliphatic heterocycles. The fourth-order valence-electron chi connectivity index (χ4n) is 0.532. The van der Waals surface area contributed by atoms with Gasteiger partial charge < -0.3 is 9.47 Å². The minimum Gasteiger partial charge on any atom is -0.348 e. The molecule has 0 bridgehead atoms. The van der Waals surface area contributed by atoms with E-state index in [0.29, 0.717) is 24.1 Å². The van der Waals surface area contributed by atoms with Crippen LogP contribution in [0.2, 0.25) is 0 Å². The lowest BCUT2D eigenvalue weighted by Gasteiger charge is -2.15. The van der Waals surface area contributed by atoms with E-state index in [1.54, 1.807) is 0 Å². The van der Waals surface area contributed by atoms with Crippen LogP contribution in [0.1, 0.15) is 6.92 Å². The van der Waals surface area contributed by atoms with Crippen LogP contribution in [0.3, 0.4) is 0 Å². The number of hydrogen-bond acceptors (Lipinski definition) is 2. The average molecular weight is 199 g/mol. The number of ether oxygens (including phenoxy) is 2. The van der Waals surface area contributed by atoms with Crippen LogP contribution in [0.15, 0.2) is 11.6 Å². The summed E-state index contributed by atoms with van der Waals surface area (Å²) in [5, 5.41) is 0.344. The van der Waals surface area contributed by atoms with Crippen LogP contribution in [-0.4, -0.2) is 25.4 Å². The molecule has 0 aliphatic carbocycles. The molecule has 4 heteroatoms. The minimum atomic E-state index is -0.527. The molecule has 1 atom stereocenters. The van der Waals surface area contributed by atoms with Crippen LogP contribution in [0.5, 0.6) is 0 Å². The Morgan fingerprint density at radius 1 is 1.55 bits per heavy atom. The van der Waals surface area contributed by atoms with E-state index in [1.807, 2.05) is 6.92 Å². The molecule has 2 nitrogen and oxygen atoms in total. The molecular weight excluding hydrogens is 187 g/mol. The Kier molecular flexibility index (Phi) is 7.07. The molecule has 66 valence electrons. The lowest BCUT2D eigenvalue weighted by atomic mass is 10.6. The Morgan fingerprint density at radius 2 is 2.18 bits per heavy atom. The molecule has 0 aliphatic rings. The third-order valence-electron chi connectivity index (χ3n) is 0.920. The summed E-state index contributed by atoms with van der Waals surface area (Å²) in [7, 11) is 0. The molecule has 0 amide bonds. The zero-order chi connectivity index (χ0) is 8.69. The zero-order valence-electron chi connectivity index (χ0n) is 6.48. The highest BCUT2D eigenvalue weighted by Gasteiger charge is 2.09. The van der Waals surface area contributed by atoms with E-state index in [4.69, 9.17) is 32.7 Å². The van der Waals surface area contributed by atoms with Crippen LogP contribution in [-0.2, 0) is 9.47 Å². The summed E-state index contributed by atoms with van der Waals surface area (Å²) >= 11 is 11.0. The molecule has 11 heavy (non-hydrogen) atoms. The average Bonchev–Trinajstić information content (AvgIpc) is 1.97.